The lowest BCUT2D eigenvalue weighted by molar-refractivity contribution is 0.0331. The number of hydrogen-bond acceptors (Lipinski definition) is 2. The highest BCUT2D eigenvalue weighted by Crippen LogP contribution is 2.38. The van der Waals surface area contributed by atoms with E-state index in [9.17, 15) is 0 Å². The maximum atomic E-state index is 5.92. The van der Waals surface area contributed by atoms with E-state index in [2.05, 4.69) is 6.92 Å². The molecule has 2 N–H and O–H groups in total. The molecule has 0 bridgehead atoms. The van der Waals surface area contributed by atoms with Crippen molar-refractivity contribution in [3.05, 3.63) is 0 Å². The average Bonchev–Trinajstić information content (AvgIpc) is 2.12. The van der Waals surface area contributed by atoms with Gasteiger partial charge in [-0.2, -0.15) is 0 Å². The summed E-state index contributed by atoms with van der Waals surface area (Å²) in [5.41, 5.74) is 0. The first-order chi connectivity index (χ1) is 5.79. The molecular formula is C10H20N2. The van der Waals surface area contributed by atoms with E-state index >= 15 is 0 Å². The fraction of sp³-hybridized carbons (Fsp3) is 1.00. The molecule has 12 heavy (non-hydrogen) atoms. The molecule has 0 aromatic rings. The molecule has 2 rings (SSSR count). The van der Waals surface area contributed by atoms with Crippen LogP contribution in [-0.4, -0.2) is 17.6 Å². The first-order valence-electron chi connectivity index (χ1n) is 5.30. The zero-order valence-corrected chi connectivity index (χ0v) is 8.00. The second-order valence-electron chi connectivity index (χ2n) is 4.48. The summed E-state index contributed by atoms with van der Waals surface area (Å²) in [6.07, 6.45) is 7.10. The molecule has 1 aliphatic carbocycles. The molecule has 2 aliphatic rings. The van der Waals surface area contributed by atoms with Crippen LogP contribution in [0.1, 0.15) is 39.0 Å². The third kappa shape index (κ3) is 1.38. The molecule has 2 heteroatoms. The molecule has 2 fully saturated rings. The molecule has 1 saturated carbocycles. The molecule has 1 aliphatic heterocycles. The van der Waals surface area contributed by atoms with Crippen molar-refractivity contribution in [3.8, 4) is 0 Å². The molecule has 1 saturated heterocycles. The number of piperidine rings is 1. The second-order valence-corrected chi connectivity index (χ2v) is 4.48. The Bertz CT molecular complexity index is 156. The summed E-state index contributed by atoms with van der Waals surface area (Å²) >= 11 is 0. The molecule has 70 valence electrons. The van der Waals surface area contributed by atoms with E-state index in [1.165, 1.54) is 32.1 Å². The molecule has 3 unspecified atom stereocenters. The maximum Gasteiger partial charge on any atom is 0.0243 e. The predicted molar refractivity (Wildman–Crippen MR) is 50.4 cm³/mol. The van der Waals surface area contributed by atoms with Gasteiger partial charge in [-0.1, -0.05) is 19.3 Å². The van der Waals surface area contributed by atoms with Crippen molar-refractivity contribution in [1.82, 2.24) is 5.01 Å². The number of hydrazine groups is 1. The van der Waals surface area contributed by atoms with E-state index in [-0.39, 0.29) is 0 Å². The smallest absolute Gasteiger partial charge is 0.0243 e. The van der Waals surface area contributed by atoms with Gasteiger partial charge in [-0.05, 0) is 31.6 Å². The van der Waals surface area contributed by atoms with Gasteiger partial charge in [0.15, 0.2) is 0 Å². The van der Waals surface area contributed by atoms with Crippen LogP contribution in [0, 0.1) is 11.8 Å². The summed E-state index contributed by atoms with van der Waals surface area (Å²) < 4.78 is 0. The standard InChI is InChI=1S/C10H20N2/c1-8-10-5-3-2-4-9(10)6-7-12(8)11/h8-10H,2-7,11H2,1H3. The Balaban J connectivity index is 2.03. The van der Waals surface area contributed by atoms with E-state index in [4.69, 9.17) is 5.84 Å². The van der Waals surface area contributed by atoms with Crippen molar-refractivity contribution < 1.29 is 0 Å². The number of nitrogens with two attached hydrogens (primary N) is 1. The molecule has 0 spiro atoms. The number of rotatable bonds is 0. The van der Waals surface area contributed by atoms with E-state index in [0.29, 0.717) is 6.04 Å². The third-order valence-corrected chi connectivity index (χ3v) is 3.87. The van der Waals surface area contributed by atoms with Crippen LogP contribution in [0.15, 0.2) is 0 Å². The third-order valence-electron chi connectivity index (χ3n) is 3.87. The van der Waals surface area contributed by atoms with Gasteiger partial charge in [-0.3, -0.25) is 5.84 Å². The van der Waals surface area contributed by atoms with E-state index in [0.717, 1.165) is 18.4 Å². The fourth-order valence-electron chi connectivity index (χ4n) is 2.99. The highest BCUT2D eigenvalue weighted by molar-refractivity contribution is 4.87. The van der Waals surface area contributed by atoms with Crippen LogP contribution in [0.2, 0.25) is 0 Å². The van der Waals surface area contributed by atoms with Crippen molar-refractivity contribution >= 4 is 0 Å². The SMILES string of the molecule is CC1C2CCCCC2CCN1N. The van der Waals surface area contributed by atoms with Crippen molar-refractivity contribution in [1.29, 1.82) is 0 Å². The highest BCUT2D eigenvalue weighted by Gasteiger charge is 2.35. The van der Waals surface area contributed by atoms with E-state index in [1.54, 1.807) is 0 Å². The van der Waals surface area contributed by atoms with Crippen molar-refractivity contribution in [2.24, 2.45) is 17.7 Å². The highest BCUT2D eigenvalue weighted by atomic mass is 15.4. The summed E-state index contributed by atoms with van der Waals surface area (Å²) in [5, 5.41) is 2.05. The van der Waals surface area contributed by atoms with Crippen molar-refractivity contribution in [2.45, 2.75) is 45.1 Å². The fourth-order valence-corrected chi connectivity index (χ4v) is 2.99. The van der Waals surface area contributed by atoms with Crippen molar-refractivity contribution in [3.63, 3.8) is 0 Å². The zero-order valence-electron chi connectivity index (χ0n) is 8.00. The lowest BCUT2D eigenvalue weighted by Crippen LogP contribution is -2.51. The minimum atomic E-state index is 0.629. The van der Waals surface area contributed by atoms with Crippen molar-refractivity contribution in [2.75, 3.05) is 6.54 Å². The van der Waals surface area contributed by atoms with Gasteiger partial charge in [0.2, 0.25) is 0 Å². The Morgan fingerprint density at radius 2 is 1.92 bits per heavy atom. The molecular weight excluding hydrogens is 148 g/mol. The Kier molecular flexibility index (Phi) is 2.37. The van der Waals surface area contributed by atoms with E-state index in [1.807, 2.05) is 5.01 Å². The molecule has 3 atom stereocenters. The van der Waals surface area contributed by atoms with Gasteiger partial charge >= 0.3 is 0 Å². The maximum absolute atomic E-state index is 5.92. The van der Waals surface area contributed by atoms with Gasteiger partial charge in [-0.15, -0.1) is 0 Å². The van der Waals surface area contributed by atoms with Gasteiger partial charge in [0.05, 0.1) is 0 Å². The summed E-state index contributed by atoms with van der Waals surface area (Å²) in [5.74, 6) is 7.81. The minimum Gasteiger partial charge on any atom is -0.269 e. The minimum absolute atomic E-state index is 0.629. The van der Waals surface area contributed by atoms with Gasteiger partial charge < -0.3 is 0 Å². The normalized spacial score (nSPS) is 44.0. The summed E-state index contributed by atoms with van der Waals surface area (Å²) in [6, 6.07) is 0.629. The monoisotopic (exact) mass is 168 g/mol. The first kappa shape index (κ1) is 8.52. The Hall–Kier alpha value is -0.0800. The van der Waals surface area contributed by atoms with Crippen LogP contribution in [0.5, 0.6) is 0 Å². The lowest BCUT2D eigenvalue weighted by Gasteiger charge is -2.44. The number of hydrogen-bond donors (Lipinski definition) is 1. The quantitative estimate of drug-likeness (QED) is 0.558. The number of nitrogens with zero attached hydrogens (tertiary/aromatic N) is 1. The van der Waals surface area contributed by atoms with Gasteiger partial charge in [0.1, 0.15) is 0 Å². The summed E-state index contributed by atoms with van der Waals surface area (Å²) in [6.45, 7) is 3.41. The Labute approximate surface area is 75.1 Å². The second kappa shape index (κ2) is 3.35. The zero-order chi connectivity index (χ0) is 8.55. The van der Waals surface area contributed by atoms with Crippen LogP contribution in [0.25, 0.3) is 0 Å². The van der Waals surface area contributed by atoms with Crippen LogP contribution in [0.4, 0.5) is 0 Å². The largest absolute Gasteiger partial charge is 0.269 e. The first-order valence-corrected chi connectivity index (χ1v) is 5.30. The van der Waals surface area contributed by atoms with Gasteiger partial charge in [0, 0.05) is 12.6 Å². The van der Waals surface area contributed by atoms with Gasteiger partial charge in [-0.25, -0.2) is 5.01 Å². The van der Waals surface area contributed by atoms with Crippen LogP contribution in [-0.2, 0) is 0 Å². The Morgan fingerprint density at radius 3 is 2.75 bits per heavy atom. The van der Waals surface area contributed by atoms with Crippen LogP contribution < -0.4 is 5.84 Å². The summed E-state index contributed by atoms with van der Waals surface area (Å²) in [7, 11) is 0. The molecule has 2 nitrogen and oxygen atoms in total. The lowest BCUT2D eigenvalue weighted by atomic mass is 9.72. The van der Waals surface area contributed by atoms with Crippen LogP contribution >= 0.6 is 0 Å². The van der Waals surface area contributed by atoms with E-state index < -0.39 is 0 Å². The predicted octanol–water partition coefficient (Wildman–Crippen LogP) is 1.76. The number of fused-ring (bicyclic) bond motifs is 1. The topological polar surface area (TPSA) is 29.3 Å². The molecule has 1 heterocycles. The van der Waals surface area contributed by atoms with Crippen LogP contribution in [0.3, 0.4) is 0 Å². The summed E-state index contributed by atoms with van der Waals surface area (Å²) in [4.78, 5) is 0. The molecule has 0 aromatic carbocycles. The van der Waals surface area contributed by atoms with Gasteiger partial charge in [0.25, 0.3) is 0 Å². The molecule has 0 radical (unpaired) electrons. The Morgan fingerprint density at radius 1 is 1.17 bits per heavy atom. The average molecular weight is 168 g/mol. The molecule has 0 aromatic heterocycles. The molecule has 0 amide bonds.